The topological polar surface area (TPSA) is 89.9 Å². The number of carbonyl (C=O) groups excluding carboxylic acids is 3. The summed E-state index contributed by atoms with van der Waals surface area (Å²) in [7, 11) is 2.70. The number of aromatic hydroxyl groups is 1. The second-order valence-corrected chi connectivity index (χ2v) is 6.31. The standard InChI is InChI=1S/C20H22O6/c1-5-8-20(11-14(21)10-17(26-4)19(20)24)12(2)18(23)13-6-7-15(22)16(9-13)25-3/h5-7,9-10,12,22H,1,8,11H2,2-4H3. The largest absolute Gasteiger partial charge is 0.504 e. The molecule has 0 heterocycles. The lowest BCUT2D eigenvalue weighted by molar-refractivity contribution is -0.136. The summed E-state index contributed by atoms with van der Waals surface area (Å²) < 4.78 is 10.1. The van der Waals surface area contributed by atoms with Crippen LogP contribution in [0.2, 0.25) is 0 Å². The highest BCUT2D eigenvalue weighted by atomic mass is 16.5. The molecule has 0 saturated heterocycles. The first-order chi connectivity index (χ1) is 12.3. The van der Waals surface area contributed by atoms with Gasteiger partial charge in [-0.2, -0.15) is 0 Å². The normalized spacial score (nSPS) is 21.0. The first-order valence-corrected chi connectivity index (χ1v) is 8.16. The Kier molecular flexibility index (Phi) is 5.65. The molecule has 2 unspecified atom stereocenters. The molecule has 0 aliphatic heterocycles. The number of ketones is 3. The fraction of sp³-hybridized carbons (Fsp3) is 0.350. The number of allylic oxidation sites excluding steroid dienone is 3. The molecule has 0 radical (unpaired) electrons. The van der Waals surface area contributed by atoms with Crippen LogP contribution in [0.25, 0.3) is 0 Å². The monoisotopic (exact) mass is 358 g/mol. The van der Waals surface area contributed by atoms with Crippen molar-refractivity contribution in [1.82, 2.24) is 0 Å². The summed E-state index contributed by atoms with van der Waals surface area (Å²) in [6, 6.07) is 4.23. The van der Waals surface area contributed by atoms with Crippen LogP contribution in [0.15, 0.2) is 42.7 Å². The zero-order valence-corrected chi connectivity index (χ0v) is 15.1. The van der Waals surface area contributed by atoms with E-state index in [9.17, 15) is 19.5 Å². The van der Waals surface area contributed by atoms with E-state index in [0.29, 0.717) is 0 Å². The fourth-order valence-electron chi connectivity index (χ4n) is 3.33. The number of carbonyl (C=O) groups is 3. The molecule has 1 aliphatic carbocycles. The van der Waals surface area contributed by atoms with Gasteiger partial charge in [-0.25, -0.2) is 0 Å². The number of phenols is 1. The summed E-state index contributed by atoms with van der Waals surface area (Å²) in [4.78, 5) is 38.2. The van der Waals surface area contributed by atoms with Crippen LogP contribution in [-0.2, 0) is 14.3 Å². The molecular formula is C20H22O6. The quantitative estimate of drug-likeness (QED) is 0.595. The van der Waals surface area contributed by atoms with E-state index in [0.717, 1.165) is 0 Å². The molecule has 2 atom stereocenters. The zero-order valence-electron chi connectivity index (χ0n) is 15.1. The molecule has 1 aromatic rings. The van der Waals surface area contributed by atoms with Crippen molar-refractivity contribution in [3.05, 3.63) is 48.3 Å². The van der Waals surface area contributed by atoms with Crippen LogP contribution in [0.4, 0.5) is 0 Å². The number of hydrogen-bond donors (Lipinski definition) is 1. The van der Waals surface area contributed by atoms with Gasteiger partial charge in [0.1, 0.15) is 0 Å². The zero-order chi connectivity index (χ0) is 19.5. The van der Waals surface area contributed by atoms with Gasteiger partial charge in [-0.1, -0.05) is 13.0 Å². The summed E-state index contributed by atoms with van der Waals surface area (Å²) in [6.07, 6.45) is 2.78. The molecule has 26 heavy (non-hydrogen) atoms. The highest BCUT2D eigenvalue weighted by Gasteiger charge is 2.50. The summed E-state index contributed by atoms with van der Waals surface area (Å²) in [5, 5.41) is 9.71. The average Bonchev–Trinajstić information content (AvgIpc) is 2.63. The van der Waals surface area contributed by atoms with Crippen molar-refractivity contribution < 1.29 is 29.0 Å². The summed E-state index contributed by atoms with van der Waals surface area (Å²) in [5.74, 6) is -1.77. The Labute approximate surface area is 152 Å². The molecule has 1 aromatic carbocycles. The first kappa shape index (κ1) is 19.4. The highest BCUT2D eigenvalue weighted by molar-refractivity contribution is 6.13. The third-order valence-corrected chi connectivity index (χ3v) is 4.87. The smallest absolute Gasteiger partial charge is 0.205 e. The molecule has 1 N–H and O–H groups in total. The van der Waals surface area contributed by atoms with E-state index in [1.807, 2.05) is 0 Å². The van der Waals surface area contributed by atoms with Crippen LogP contribution in [0.1, 0.15) is 30.1 Å². The molecule has 0 aromatic heterocycles. The van der Waals surface area contributed by atoms with Crippen molar-refractivity contribution in [2.45, 2.75) is 19.8 Å². The highest BCUT2D eigenvalue weighted by Crippen LogP contribution is 2.44. The maximum Gasteiger partial charge on any atom is 0.205 e. The van der Waals surface area contributed by atoms with Crippen LogP contribution in [0.5, 0.6) is 11.5 Å². The van der Waals surface area contributed by atoms with E-state index in [1.165, 1.54) is 44.6 Å². The van der Waals surface area contributed by atoms with Crippen molar-refractivity contribution in [3.63, 3.8) is 0 Å². The fourth-order valence-corrected chi connectivity index (χ4v) is 3.33. The Bertz CT molecular complexity index is 791. The molecule has 2 rings (SSSR count). The average molecular weight is 358 g/mol. The second kappa shape index (κ2) is 7.56. The van der Waals surface area contributed by atoms with Gasteiger partial charge in [-0.15, -0.1) is 6.58 Å². The molecule has 0 saturated carbocycles. The maximum atomic E-state index is 13.1. The van der Waals surface area contributed by atoms with Crippen LogP contribution in [0.3, 0.4) is 0 Å². The van der Waals surface area contributed by atoms with Gasteiger partial charge in [0.15, 0.2) is 28.8 Å². The Morgan fingerprint density at radius 2 is 2.04 bits per heavy atom. The minimum absolute atomic E-state index is 0.0500. The van der Waals surface area contributed by atoms with Crippen molar-refractivity contribution >= 4 is 17.3 Å². The van der Waals surface area contributed by atoms with E-state index in [1.54, 1.807) is 6.92 Å². The number of hydrogen-bond acceptors (Lipinski definition) is 6. The van der Waals surface area contributed by atoms with Gasteiger partial charge in [0.2, 0.25) is 5.78 Å². The van der Waals surface area contributed by atoms with Gasteiger partial charge >= 0.3 is 0 Å². The van der Waals surface area contributed by atoms with Gasteiger partial charge in [-0.05, 0) is 24.6 Å². The molecule has 6 nitrogen and oxygen atoms in total. The third-order valence-electron chi connectivity index (χ3n) is 4.87. The molecule has 6 heteroatoms. The molecule has 0 fully saturated rings. The van der Waals surface area contributed by atoms with Crippen LogP contribution in [-0.4, -0.2) is 36.7 Å². The second-order valence-electron chi connectivity index (χ2n) is 6.31. The van der Waals surface area contributed by atoms with Gasteiger partial charge in [-0.3, -0.25) is 14.4 Å². The minimum atomic E-state index is -1.25. The number of phenolic OH excluding ortho intramolecular Hbond substituents is 1. The Morgan fingerprint density at radius 3 is 2.62 bits per heavy atom. The van der Waals surface area contributed by atoms with Gasteiger partial charge in [0.05, 0.1) is 19.6 Å². The minimum Gasteiger partial charge on any atom is -0.504 e. The van der Waals surface area contributed by atoms with E-state index < -0.39 is 11.3 Å². The molecule has 1 aliphatic rings. The maximum absolute atomic E-state index is 13.1. The van der Waals surface area contributed by atoms with E-state index in [4.69, 9.17) is 9.47 Å². The Morgan fingerprint density at radius 1 is 1.35 bits per heavy atom. The molecular weight excluding hydrogens is 336 g/mol. The van der Waals surface area contributed by atoms with Gasteiger partial charge < -0.3 is 14.6 Å². The van der Waals surface area contributed by atoms with Crippen LogP contribution in [0, 0.1) is 11.3 Å². The van der Waals surface area contributed by atoms with Crippen LogP contribution >= 0.6 is 0 Å². The number of Topliss-reactive ketones (excluding diaryl/α,β-unsaturated/α-hetero) is 2. The molecule has 0 amide bonds. The summed E-state index contributed by atoms with van der Waals surface area (Å²) in [6.45, 7) is 5.30. The van der Waals surface area contributed by atoms with Gasteiger partial charge in [0, 0.05) is 24.0 Å². The number of rotatable bonds is 7. The van der Waals surface area contributed by atoms with E-state index in [-0.39, 0.29) is 53.0 Å². The lowest BCUT2D eigenvalue weighted by Crippen LogP contribution is -2.46. The van der Waals surface area contributed by atoms with Crippen molar-refractivity contribution in [1.29, 1.82) is 0 Å². The molecule has 0 bridgehead atoms. The van der Waals surface area contributed by atoms with Crippen molar-refractivity contribution in [3.8, 4) is 11.5 Å². The Balaban J connectivity index is 2.49. The SMILES string of the molecule is C=CCC1(C(C)C(=O)c2ccc(O)c(OC)c2)CC(=O)C=C(OC)C1=O. The van der Waals surface area contributed by atoms with Crippen LogP contribution < -0.4 is 4.74 Å². The molecule has 0 spiro atoms. The number of ether oxygens (including phenoxy) is 2. The lowest BCUT2D eigenvalue weighted by Gasteiger charge is -2.38. The van der Waals surface area contributed by atoms with Crippen molar-refractivity contribution in [2.75, 3.05) is 14.2 Å². The third kappa shape index (κ3) is 3.27. The predicted molar refractivity (Wildman–Crippen MR) is 95.1 cm³/mol. The van der Waals surface area contributed by atoms with Crippen molar-refractivity contribution in [2.24, 2.45) is 11.3 Å². The molecule has 138 valence electrons. The van der Waals surface area contributed by atoms with Gasteiger partial charge in [0.25, 0.3) is 0 Å². The summed E-state index contributed by atoms with van der Waals surface area (Å²) in [5.41, 5.74) is -0.967. The first-order valence-electron chi connectivity index (χ1n) is 8.16. The number of methoxy groups -OCH3 is 2. The van der Waals surface area contributed by atoms with E-state index >= 15 is 0 Å². The predicted octanol–water partition coefficient (Wildman–Crippen LogP) is 2.85. The summed E-state index contributed by atoms with van der Waals surface area (Å²) >= 11 is 0. The lowest BCUT2D eigenvalue weighted by atomic mass is 9.63. The number of benzene rings is 1. The Hall–Kier alpha value is -2.89. The van der Waals surface area contributed by atoms with E-state index in [2.05, 4.69) is 6.58 Å².